The van der Waals surface area contributed by atoms with Gasteiger partial charge in [-0.1, -0.05) is 0 Å². The second-order valence-electron chi connectivity index (χ2n) is 4.25. The van der Waals surface area contributed by atoms with Gasteiger partial charge in [-0.3, -0.25) is 0 Å². The van der Waals surface area contributed by atoms with Crippen LogP contribution in [0.5, 0.6) is 5.88 Å². The average molecular weight is 322 g/mol. The SMILES string of the molecule is COc1cc(CNc2cc(C)c(N)cc2Br)ccn1. The molecule has 0 radical (unpaired) electrons. The van der Waals surface area contributed by atoms with E-state index in [1.807, 2.05) is 31.2 Å². The van der Waals surface area contributed by atoms with Gasteiger partial charge in [0.15, 0.2) is 0 Å². The van der Waals surface area contributed by atoms with Crippen LogP contribution >= 0.6 is 15.9 Å². The second kappa shape index (κ2) is 5.93. The normalized spacial score (nSPS) is 10.3. The lowest BCUT2D eigenvalue weighted by Crippen LogP contribution is -2.02. The van der Waals surface area contributed by atoms with Crippen molar-refractivity contribution in [3.8, 4) is 5.88 Å². The lowest BCUT2D eigenvalue weighted by Gasteiger charge is -2.11. The van der Waals surface area contributed by atoms with Gasteiger partial charge in [-0.2, -0.15) is 0 Å². The van der Waals surface area contributed by atoms with Gasteiger partial charge in [0.2, 0.25) is 5.88 Å². The van der Waals surface area contributed by atoms with Gasteiger partial charge >= 0.3 is 0 Å². The van der Waals surface area contributed by atoms with Gasteiger partial charge in [-0.25, -0.2) is 4.98 Å². The Hall–Kier alpha value is -1.75. The molecule has 0 saturated carbocycles. The third-order valence-corrected chi connectivity index (χ3v) is 3.50. The Kier molecular flexibility index (Phi) is 4.27. The summed E-state index contributed by atoms with van der Waals surface area (Å²) in [7, 11) is 1.61. The predicted octanol–water partition coefficient (Wildman–Crippen LogP) is 3.36. The fourth-order valence-electron chi connectivity index (χ4n) is 1.70. The summed E-state index contributed by atoms with van der Waals surface area (Å²) < 4.78 is 6.06. The molecule has 0 aliphatic carbocycles. The number of halogens is 1. The highest BCUT2D eigenvalue weighted by atomic mass is 79.9. The Labute approximate surface area is 121 Å². The van der Waals surface area contributed by atoms with Crippen LogP contribution in [-0.4, -0.2) is 12.1 Å². The zero-order chi connectivity index (χ0) is 13.8. The van der Waals surface area contributed by atoms with Crippen molar-refractivity contribution in [3.05, 3.63) is 46.1 Å². The average Bonchev–Trinajstić information content (AvgIpc) is 2.41. The fraction of sp³-hybridized carbons (Fsp3) is 0.214. The molecule has 3 N–H and O–H groups in total. The van der Waals surface area contributed by atoms with Crippen molar-refractivity contribution in [1.82, 2.24) is 4.98 Å². The smallest absolute Gasteiger partial charge is 0.213 e. The molecule has 0 fully saturated rings. The van der Waals surface area contributed by atoms with Crippen LogP contribution in [0.15, 0.2) is 34.9 Å². The molecule has 1 aromatic carbocycles. The van der Waals surface area contributed by atoms with Gasteiger partial charge in [-0.15, -0.1) is 0 Å². The molecule has 2 aromatic rings. The van der Waals surface area contributed by atoms with Crippen molar-refractivity contribution < 1.29 is 4.74 Å². The fourth-order valence-corrected chi connectivity index (χ4v) is 2.20. The number of nitrogen functional groups attached to an aromatic ring is 1. The number of hydrogen-bond acceptors (Lipinski definition) is 4. The molecule has 0 bridgehead atoms. The lowest BCUT2D eigenvalue weighted by molar-refractivity contribution is 0.397. The maximum Gasteiger partial charge on any atom is 0.213 e. The first-order chi connectivity index (χ1) is 9.10. The van der Waals surface area contributed by atoms with Crippen LogP contribution in [0.25, 0.3) is 0 Å². The molecule has 19 heavy (non-hydrogen) atoms. The Bertz CT molecular complexity index is 587. The van der Waals surface area contributed by atoms with Crippen molar-refractivity contribution >= 4 is 27.3 Å². The number of ether oxygens (including phenoxy) is 1. The summed E-state index contributed by atoms with van der Waals surface area (Å²) in [5.74, 6) is 0.617. The monoisotopic (exact) mass is 321 g/mol. The van der Waals surface area contributed by atoms with E-state index >= 15 is 0 Å². The van der Waals surface area contributed by atoms with Crippen LogP contribution in [0.4, 0.5) is 11.4 Å². The van der Waals surface area contributed by atoms with Gasteiger partial charge in [0.25, 0.3) is 0 Å². The van der Waals surface area contributed by atoms with Gasteiger partial charge in [0.1, 0.15) is 0 Å². The highest BCUT2D eigenvalue weighted by molar-refractivity contribution is 9.10. The number of hydrogen-bond donors (Lipinski definition) is 2. The second-order valence-corrected chi connectivity index (χ2v) is 5.10. The first-order valence-corrected chi connectivity index (χ1v) is 6.68. The largest absolute Gasteiger partial charge is 0.481 e. The quantitative estimate of drug-likeness (QED) is 0.848. The van der Waals surface area contributed by atoms with Crippen LogP contribution in [0.2, 0.25) is 0 Å². The van der Waals surface area contributed by atoms with E-state index < -0.39 is 0 Å². The van der Waals surface area contributed by atoms with Crippen LogP contribution in [-0.2, 0) is 6.54 Å². The molecule has 0 amide bonds. The molecular formula is C14H16BrN3O. The summed E-state index contributed by atoms with van der Waals surface area (Å²) in [6.07, 6.45) is 1.74. The van der Waals surface area contributed by atoms with Crippen molar-refractivity contribution in [3.63, 3.8) is 0 Å². The van der Waals surface area contributed by atoms with Gasteiger partial charge in [0.05, 0.1) is 7.11 Å². The standard InChI is InChI=1S/C14H16BrN3O/c1-9-5-13(11(15)7-12(9)16)18-8-10-3-4-17-14(6-10)19-2/h3-7,18H,8,16H2,1-2H3. The number of benzene rings is 1. The first kappa shape index (κ1) is 13.7. The summed E-state index contributed by atoms with van der Waals surface area (Å²) in [4.78, 5) is 4.08. The molecule has 0 aliphatic rings. The molecule has 100 valence electrons. The molecule has 0 saturated heterocycles. The molecule has 1 heterocycles. The number of nitrogens with one attached hydrogen (secondary N) is 1. The van der Waals surface area contributed by atoms with Crippen molar-refractivity contribution in [2.24, 2.45) is 0 Å². The van der Waals surface area contributed by atoms with E-state index in [-0.39, 0.29) is 0 Å². The van der Waals surface area contributed by atoms with Crippen molar-refractivity contribution in [2.45, 2.75) is 13.5 Å². The third-order valence-electron chi connectivity index (χ3n) is 2.85. The summed E-state index contributed by atoms with van der Waals surface area (Å²) in [5, 5.41) is 3.36. The minimum Gasteiger partial charge on any atom is -0.481 e. The molecule has 0 aliphatic heterocycles. The molecular weight excluding hydrogens is 306 g/mol. The van der Waals surface area contributed by atoms with E-state index in [0.29, 0.717) is 12.4 Å². The zero-order valence-corrected chi connectivity index (χ0v) is 12.5. The maximum absolute atomic E-state index is 5.85. The van der Waals surface area contributed by atoms with Crippen molar-refractivity contribution in [1.29, 1.82) is 0 Å². The molecule has 1 aromatic heterocycles. The number of nitrogens with two attached hydrogens (primary N) is 1. The van der Waals surface area contributed by atoms with E-state index in [4.69, 9.17) is 10.5 Å². The number of aryl methyl sites for hydroxylation is 1. The number of nitrogens with zero attached hydrogens (tertiary/aromatic N) is 1. The van der Waals surface area contributed by atoms with E-state index in [2.05, 4.69) is 26.2 Å². The Balaban J connectivity index is 2.12. The number of rotatable bonds is 4. The molecule has 5 heteroatoms. The summed E-state index contributed by atoms with van der Waals surface area (Å²) in [6, 6.07) is 7.79. The van der Waals surface area contributed by atoms with Gasteiger partial charge in [0, 0.05) is 34.7 Å². The summed E-state index contributed by atoms with van der Waals surface area (Å²) >= 11 is 3.50. The Morgan fingerprint density at radius 3 is 2.89 bits per heavy atom. The number of anilines is 2. The first-order valence-electron chi connectivity index (χ1n) is 5.88. The maximum atomic E-state index is 5.85. The van der Waals surface area contributed by atoms with Crippen LogP contribution in [0, 0.1) is 6.92 Å². The lowest BCUT2D eigenvalue weighted by atomic mass is 10.2. The molecule has 0 spiro atoms. The summed E-state index contributed by atoms with van der Waals surface area (Å²) in [6.45, 7) is 2.68. The van der Waals surface area contributed by atoms with E-state index in [0.717, 1.165) is 27.0 Å². The van der Waals surface area contributed by atoms with Crippen molar-refractivity contribution in [2.75, 3.05) is 18.2 Å². The third kappa shape index (κ3) is 3.38. The molecule has 2 rings (SSSR count). The predicted molar refractivity (Wildman–Crippen MR) is 81.4 cm³/mol. The topological polar surface area (TPSA) is 60.2 Å². The minimum absolute atomic E-state index is 0.617. The molecule has 0 unspecified atom stereocenters. The minimum atomic E-state index is 0.617. The van der Waals surface area contributed by atoms with Crippen LogP contribution < -0.4 is 15.8 Å². The molecule has 4 nitrogen and oxygen atoms in total. The highest BCUT2D eigenvalue weighted by Crippen LogP contribution is 2.28. The highest BCUT2D eigenvalue weighted by Gasteiger charge is 2.04. The van der Waals surface area contributed by atoms with Crippen LogP contribution in [0.1, 0.15) is 11.1 Å². The Morgan fingerprint density at radius 2 is 2.16 bits per heavy atom. The van der Waals surface area contributed by atoms with Gasteiger partial charge in [-0.05, 0) is 52.2 Å². The zero-order valence-electron chi connectivity index (χ0n) is 10.9. The van der Waals surface area contributed by atoms with Crippen LogP contribution in [0.3, 0.4) is 0 Å². The Morgan fingerprint density at radius 1 is 1.37 bits per heavy atom. The van der Waals surface area contributed by atoms with E-state index in [1.54, 1.807) is 13.3 Å². The number of aromatic nitrogens is 1. The van der Waals surface area contributed by atoms with E-state index in [9.17, 15) is 0 Å². The summed E-state index contributed by atoms with van der Waals surface area (Å²) in [5.41, 5.74) is 9.81. The number of methoxy groups -OCH3 is 1. The number of pyridine rings is 1. The molecule has 0 atom stereocenters. The van der Waals surface area contributed by atoms with Gasteiger partial charge < -0.3 is 15.8 Å². The van der Waals surface area contributed by atoms with E-state index in [1.165, 1.54) is 0 Å².